The number of halogens is 1. The van der Waals surface area contributed by atoms with Gasteiger partial charge in [-0.1, -0.05) is 36.7 Å². The summed E-state index contributed by atoms with van der Waals surface area (Å²) in [5.74, 6) is 0. The first-order valence-electron chi connectivity index (χ1n) is 4.64. The highest BCUT2D eigenvalue weighted by Gasteiger charge is 2.30. The first kappa shape index (κ1) is 11.9. The normalized spacial score (nSPS) is 14.6. The lowest BCUT2D eigenvalue weighted by Crippen LogP contribution is -2.26. The largest absolute Gasteiger partial charge is 0.381 e. The van der Waals surface area contributed by atoms with E-state index in [0.717, 1.165) is 0 Å². The molecule has 5 heteroatoms. The van der Waals surface area contributed by atoms with E-state index in [1.165, 1.54) is 0 Å². The van der Waals surface area contributed by atoms with Crippen LogP contribution in [0.5, 0.6) is 0 Å². The summed E-state index contributed by atoms with van der Waals surface area (Å²) in [5, 5.41) is 20.8. The zero-order chi connectivity index (χ0) is 11.4. The molecule has 0 aliphatic heterocycles. The van der Waals surface area contributed by atoms with Crippen LogP contribution in [0.4, 0.5) is 0 Å². The zero-order valence-electron chi connectivity index (χ0n) is 8.26. The van der Waals surface area contributed by atoms with Crippen LogP contribution in [-0.2, 0) is 0 Å². The minimum absolute atomic E-state index is 0.263. The molecule has 0 fully saturated rings. The van der Waals surface area contributed by atoms with Crippen LogP contribution in [0.25, 0.3) is 0 Å². The van der Waals surface area contributed by atoms with Gasteiger partial charge in [0, 0.05) is 21.9 Å². The average molecular weight is 230 g/mol. The quantitative estimate of drug-likeness (QED) is 0.637. The summed E-state index contributed by atoms with van der Waals surface area (Å²) in [6, 6.07) is 5.60. The van der Waals surface area contributed by atoms with E-state index in [1.54, 1.807) is 31.2 Å². The van der Waals surface area contributed by atoms with Crippen molar-refractivity contribution in [3.05, 3.63) is 45.0 Å². The number of nitrogens with zero attached hydrogens (tertiary/aromatic N) is 1. The molecule has 0 bridgehead atoms. The second-order valence-corrected chi connectivity index (χ2v) is 3.63. The van der Waals surface area contributed by atoms with Crippen molar-refractivity contribution in [2.45, 2.75) is 25.5 Å². The molecule has 0 saturated heterocycles. The Bertz CT molecular complexity index is 356. The third-order valence-electron chi connectivity index (χ3n) is 2.28. The maximum absolute atomic E-state index is 10.7. The molecule has 4 nitrogen and oxygen atoms in total. The molecule has 2 atom stereocenters. The standard InChI is InChI=1S/C10H12ClNO3/c1-2-9(12(14)15)10(13)7-5-3-4-6-8(7)11/h3-6,9-10,13H,2H2,1H3/t9-,10+/m0/s1. The van der Waals surface area contributed by atoms with Crippen LogP contribution in [0.15, 0.2) is 24.3 Å². The van der Waals surface area contributed by atoms with Crippen molar-refractivity contribution >= 4 is 11.6 Å². The van der Waals surface area contributed by atoms with Gasteiger partial charge < -0.3 is 5.11 Å². The molecule has 0 spiro atoms. The molecule has 82 valence electrons. The lowest BCUT2D eigenvalue weighted by atomic mass is 10.0. The number of hydrogen-bond acceptors (Lipinski definition) is 3. The molecule has 0 saturated carbocycles. The fraction of sp³-hybridized carbons (Fsp3) is 0.400. The van der Waals surface area contributed by atoms with E-state index in [-0.39, 0.29) is 6.42 Å². The molecular formula is C10H12ClNO3. The first-order valence-corrected chi connectivity index (χ1v) is 5.01. The van der Waals surface area contributed by atoms with Gasteiger partial charge in [0.2, 0.25) is 6.04 Å². The van der Waals surface area contributed by atoms with Crippen LogP contribution in [0.3, 0.4) is 0 Å². The SMILES string of the molecule is CC[C@@H]([C@H](O)c1ccccc1Cl)[N+](=O)[O-]. The van der Waals surface area contributed by atoms with Crippen molar-refractivity contribution in [2.75, 3.05) is 0 Å². The number of aliphatic hydroxyl groups excluding tert-OH is 1. The first-order chi connectivity index (χ1) is 7.07. The number of benzene rings is 1. The van der Waals surface area contributed by atoms with Crippen molar-refractivity contribution in [1.29, 1.82) is 0 Å². The minimum Gasteiger partial charge on any atom is -0.381 e. The molecule has 0 radical (unpaired) electrons. The van der Waals surface area contributed by atoms with Crippen molar-refractivity contribution < 1.29 is 10.0 Å². The highest BCUT2D eigenvalue weighted by Crippen LogP contribution is 2.27. The second kappa shape index (κ2) is 5.09. The van der Waals surface area contributed by atoms with Gasteiger partial charge in [-0.15, -0.1) is 0 Å². The van der Waals surface area contributed by atoms with Crippen molar-refractivity contribution in [1.82, 2.24) is 0 Å². The Morgan fingerprint density at radius 1 is 1.53 bits per heavy atom. The minimum atomic E-state index is -1.15. The number of hydrogen-bond donors (Lipinski definition) is 1. The summed E-state index contributed by atoms with van der Waals surface area (Å²) in [6.07, 6.45) is -0.891. The molecular weight excluding hydrogens is 218 g/mol. The number of nitro groups is 1. The van der Waals surface area contributed by atoms with Crippen molar-refractivity contribution in [2.24, 2.45) is 0 Å². The lowest BCUT2D eigenvalue weighted by molar-refractivity contribution is -0.536. The Kier molecular flexibility index (Phi) is 4.05. The summed E-state index contributed by atoms with van der Waals surface area (Å²) >= 11 is 5.84. The van der Waals surface area contributed by atoms with E-state index in [4.69, 9.17) is 11.6 Å². The van der Waals surface area contributed by atoms with E-state index in [2.05, 4.69) is 0 Å². The summed E-state index contributed by atoms with van der Waals surface area (Å²) in [5.41, 5.74) is 0.405. The highest BCUT2D eigenvalue weighted by molar-refractivity contribution is 6.31. The van der Waals surface area contributed by atoms with E-state index in [9.17, 15) is 15.2 Å². The molecule has 1 N–H and O–H groups in total. The maximum Gasteiger partial charge on any atom is 0.242 e. The maximum atomic E-state index is 10.7. The van der Waals surface area contributed by atoms with Crippen molar-refractivity contribution in [3.63, 3.8) is 0 Å². The molecule has 15 heavy (non-hydrogen) atoms. The van der Waals surface area contributed by atoms with Crippen molar-refractivity contribution in [3.8, 4) is 0 Å². The molecule has 0 aliphatic rings. The Labute approximate surface area is 92.6 Å². The molecule has 1 aromatic rings. The van der Waals surface area contributed by atoms with Gasteiger partial charge in [-0.2, -0.15) is 0 Å². The Balaban J connectivity index is 2.97. The van der Waals surface area contributed by atoms with Crippen LogP contribution >= 0.6 is 11.6 Å². The molecule has 1 aromatic carbocycles. The van der Waals surface area contributed by atoms with Gasteiger partial charge in [-0.3, -0.25) is 10.1 Å². The molecule has 0 aliphatic carbocycles. The van der Waals surface area contributed by atoms with Gasteiger partial charge in [0.05, 0.1) is 0 Å². The Morgan fingerprint density at radius 2 is 2.13 bits per heavy atom. The molecule has 0 aromatic heterocycles. The average Bonchev–Trinajstić information content (AvgIpc) is 2.18. The number of rotatable bonds is 4. The fourth-order valence-corrected chi connectivity index (χ4v) is 1.66. The smallest absolute Gasteiger partial charge is 0.242 e. The van der Waals surface area contributed by atoms with Crippen LogP contribution in [-0.4, -0.2) is 16.1 Å². The van der Waals surface area contributed by atoms with Gasteiger partial charge in [-0.05, 0) is 6.07 Å². The Morgan fingerprint density at radius 3 is 2.60 bits per heavy atom. The second-order valence-electron chi connectivity index (χ2n) is 3.23. The zero-order valence-corrected chi connectivity index (χ0v) is 9.02. The topological polar surface area (TPSA) is 63.4 Å². The monoisotopic (exact) mass is 229 g/mol. The molecule has 1 rings (SSSR count). The fourth-order valence-electron chi connectivity index (χ4n) is 1.41. The lowest BCUT2D eigenvalue weighted by Gasteiger charge is -2.15. The predicted octanol–water partition coefficient (Wildman–Crippen LogP) is 2.43. The van der Waals surface area contributed by atoms with Gasteiger partial charge in [0.15, 0.2) is 0 Å². The molecule has 0 amide bonds. The Hall–Kier alpha value is -1.13. The van der Waals surface area contributed by atoms with Gasteiger partial charge in [0.25, 0.3) is 0 Å². The summed E-state index contributed by atoms with van der Waals surface area (Å²) in [7, 11) is 0. The summed E-state index contributed by atoms with van der Waals surface area (Å²) in [6.45, 7) is 1.66. The van der Waals surface area contributed by atoms with Crippen LogP contribution in [0.2, 0.25) is 5.02 Å². The third-order valence-corrected chi connectivity index (χ3v) is 2.62. The van der Waals surface area contributed by atoms with Gasteiger partial charge >= 0.3 is 0 Å². The van der Waals surface area contributed by atoms with E-state index >= 15 is 0 Å². The summed E-state index contributed by atoms with van der Waals surface area (Å²) < 4.78 is 0. The van der Waals surface area contributed by atoms with E-state index < -0.39 is 17.1 Å². The summed E-state index contributed by atoms with van der Waals surface area (Å²) in [4.78, 5) is 10.2. The van der Waals surface area contributed by atoms with Gasteiger partial charge in [-0.25, -0.2) is 0 Å². The number of aliphatic hydroxyl groups is 1. The molecule has 0 unspecified atom stereocenters. The highest BCUT2D eigenvalue weighted by atomic mass is 35.5. The third kappa shape index (κ3) is 2.67. The predicted molar refractivity (Wildman–Crippen MR) is 57.5 cm³/mol. The van der Waals surface area contributed by atoms with E-state index in [0.29, 0.717) is 10.6 Å². The van der Waals surface area contributed by atoms with Gasteiger partial charge in [0.1, 0.15) is 6.10 Å². The van der Waals surface area contributed by atoms with Crippen LogP contribution in [0.1, 0.15) is 25.0 Å². The van der Waals surface area contributed by atoms with Crippen LogP contribution < -0.4 is 0 Å². The molecule has 0 heterocycles. The van der Waals surface area contributed by atoms with Crippen LogP contribution in [0, 0.1) is 10.1 Å². The van der Waals surface area contributed by atoms with E-state index in [1.807, 2.05) is 0 Å².